The highest BCUT2D eigenvalue weighted by Crippen LogP contribution is 2.12. The molecule has 1 aliphatic rings. The molecule has 0 saturated carbocycles. The van der Waals surface area contributed by atoms with E-state index in [0.717, 1.165) is 25.3 Å². The van der Waals surface area contributed by atoms with Gasteiger partial charge in [-0.2, -0.15) is 0 Å². The normalized spacial score (nSPS) is 16.6. The molecule has 0 unspecified atom stereocenters. The van der Waals surface area contributed by atoms with E-state index in [-0.39, 0.29) is 0 Å². The first-order chi connectivity index (χ1) is 6.84. The molecule has 1 aromatic rings. The highest BCUT2D eigenvalue weighted by Gasteiger charge is 2.16. The van der Waals surface area contributed by atoms with E-state index in [9.17, 15) is 5.11 Å². The van der Waals surface area contributed by atoms with Crippen LogP contribution in [-0.2, 0) is 11.3 Å². The van der Waals surface area contributed by atoms with Crippen LogP contribution >= 0.6 is 0 Å². The molecular weight excluding hydrogens is 178 g/mol. The van der Waals surface area contributed by atoms with Crippen molar-refractivity contribution in [2.24, 2.45) is 5.92 Å². The van der Waals surface area contributed by atoms with Crippen LogP contribution in [0.25, 0.3) is 0 Å². The number of rotatable bonds is 4. The summed E-state index contributed by atoms with van der Waals surface area (Å²) in [4.78, 5) is 0. The minimum absolute atomic E-state index is 0.302. The van der Waals surface area contributed by atoms with Crippen LogP contribution in [0.15, 0.2) is 24.3 Å². The lowest BCUT2D eigenvalue weighted by atomic mass is 10.1. The number of nitrogens with one attached hydrogen (secondary N) is 1. The molecular formula is C11H15NO2. The van der Waals surface area contributed by atoms with Crippen LogP contribution in [0.3, 0.4) is 0 Å². The van der Waals surface area contributed by atoms with E-state index >= 15 is 0 Å². The maximum absolute atomic E-state index is 9.21. The molecule has 3 heteroatoms. The molecule has 14 heavy (non-hydrogen) atoms. The van der Waals surface area contributed by atoms with Crippen LogP contribution in [0.4, 0.5) is 0 Å². The molecule has 2 rings (SSSR count). The molecule has 0 aliphatic carbocycles. The number of hydrogen-bond acceptors (Lipinski definition) is 3. The molecule has 1 aliphatic heterocycles. The number of aromatic hydroxyl groups is 1. The van der Waals surface area contributed by atoms with Gasteiger partial charge >= 0.3 is 0 Å². The Balaban J connectivity index is 1.74. The van der Waals surface area contributed by atoms with E-state index in [0.29, 0.717) is 18.3 Å². The molecule has 3 nitrogen and oxygen atoms in total. The lowest BCUT2D eigenvalue weighted by molar-refractivity contribution is 0.0688. The Morgan fingerprint density at radius 2 is 2.29 bits per heavy atom. The second-order valence-corrected chi connectivity index (χ2v) is 3.71. The van der Waals surface area contributed by atoms with E-state index in [1.54, 1.807) is 12.1 Å². The fourth-order valence-electron chi connectivity index (χ4n) is 1.46. The molecule has 0 aromatic heterocycles. The summed E-state index contributed by atoms with van der Waals surface area (Å²) in [7, 11) is 0. The van der Waals surface area contributed by atoms with Gasteiger partial charge in [0.1, 0.15) is 5.75 Å². The van der Waals surface area contributed by atoms with Crippen molar-refractivity contribution in [2.45, 2.75) is 6.61 Å². The summed E-state index contributed by atoms with van der Waals surface area (Å²) in [5.74, 6) is 0.976. The number of phenols is 1. The Bertz CT molecular complexity index is 297. The Morgan fingerprint density at radius 3 is 2.93 bits per heavy atom. The van der Waals surface area contributed by atoms with Crippen LogP contribution in [0, 0.1) is 5.92 Å². The third-order valence-electron chi connectivity index (χ3n) is 2.40. The number of benzene rings is 1. The van der Waals surface area contributed by atoms with Crippen molar-refractivity contribution in [1.82, 2.24) is 5.32 Å². The molecule has 0 bridgehead atoms. The first kappa shape index (κ1) is 9.49. The van der Waals surface area contributed by atoms with Crippen LogP contribution in [0.1, 0.15) is 5.56 Å². The fraction of sp³-hybridized carbons (Fsp3) is 0.455. The van der Waals surface area contributed by atoms with Crippen molar-refractivity contribution in [1.29, 1.82) is 0 Å². The summed E-state index contributed by atoms with van der Waals surface area (Å²) in [6.45, 7) is 3.54. The number of phenolic OH excluding ortho intramolecular Hbond substituents is 1. The molecule has 1 fully saturated rings. The van der Waals surface area contributed by atoms with Gasteiger partial charge in [0.15, 0.2) is 0 Å². The van der Waals surface area contributed by atoms with Crippen LogP contribution in [-0.4, -0.2) is 24.8 Å². The summed E-state index contributed by atoms with van der Waals surface area (Å²) in [5.41, 5.74) is 1.03. The zero-order chi connectivity index (χ0) is 9.80. The monoisotopic (exact) mass is 193 g/mol. The van der Waals surface area contributed by atoms with E-state index in [1.807, 2.05) is 12.1 Å². The van der Waals surface area contributed by atoms with Gasteiger partial charge in [-0.05, 0) is 17.7 Å². The van der Waals surface area contributed by atoms with Crippen molar-refractivity contribution in [3.8, 4) is 5.75 Å². The van der Waals surface area contributed by atoms with Gasteiger partial charge in [0, 0.05) is 19.0 Å². The zero-order valence-corrected chi connectivity index (χ0v) is 8.07. The lowest BCUT2D eigenvalue weighted by Gasteiger charge is -2.26. The Kier molecular flexibility index (Phi) is 3.01. The van der Waals surface area contributed by atoms with Gasteiger partial charge in [-0.3, -0.25) is 0 Å². The Morgan fingerprint density at radius 1 is 1.43 bits per heavy atom. The van der Waals surface area contributed by atoms with Gasteiger partial charge in [-0.1, -0.05) is 12.1 Å². The molecule has 0 amide bonds. The van der Waals surface area contributed by atoms with Gasteiger partial charge in [0.25, 0.3) is 0 Å². The minimum Gasteiger partial charge on any atom is -0.508 e. The van der Waals surface area contributed by atoms with Gasteiger partial charge < -0.3 is 15.2 Å². The van der Waals surface area contributed by atoms with E-state index in [2.05, 4.69) is 5.32 Å². The van der Waals surface area contributed by atoms with Gasteiger partial charge in [-0.15, -0.1) is 0 Å². The van der Waals surface area contributed by atoms with Crippen molar-refractivity contribution in [3.63, 3.8) is 0 Å². The topological polar surface area (TPSA) is 41.5 Å². The van der Waals surface area contributed by atoms with Crippen LogP contribution < -0.4 is 5.32 Å². The van der Waals surface area contributed by atoms with Crippen molar-refractivity contribution in [2.75, 3.05) is 19.7 Å². The summed E-state index contributed by atoms with van der Waals surface area (Å²) >= 11 is 0. The number of hydrogen-bond donors (Lipinski definition) is 2. The highest BCUT2D eigenvalue weighted by atomic mass is 16.5. The summed E-state index contributed by atoms with van der Waals surface area (Å²) in [6.07, 6.45) is 0. The Labute approximate surface area is 83.7 Å². The van der Waals surface area contributed by atoms with E-state index in [4.69, 9.17) is 4.74 Å². The molecule has 1 aromatic carbocycles. The van der Waals surface area contributed by atoms with Crippen molar-refractivity contribution in [3.05, 3.63) is 29.8 Å². The zero-order valence-electron chi connectivity index (χ0n) is 8.07. The van der Waals surface area contributed by atoms with Gasteiger partial charge in [0.2, 0.25) is 0 Å². The fourth-order valence-corrected chi connectivity index (χ4v) is 1.46. The highest BCUT2D eigenvalue weighted by molar-refractivity contribution is 5.26. The largest absolute Gasteiger partial charge is 0.508 e. The quantitative estimate of drug-likeness (QED) is 0.753. The first-order valence-corrected chi connectivity index (χ1v) is 4.91. The maximum atomic E-state index is 9.21. The lowest BCUT2D eigenvalue weighted by Crippen LogP contribution is -2.44. The van der Waals surface area contributed by atoms with E-state index in [1.165, 1.54) is 0 Å². The third-order valence-corrected chi connectivity index (χ3v) is 2.40. The molecule has 0 radical (unpaired) electrons. The molecule has 1 saturated heterocycles. The smallest absolute Gasteiger partial charge is 0.115 e. The molecule has 0 spiro atoms. The summed E-state index contributed by atoms with van der Waals surface area (Å²) < 4.78 is 5.53. The van der Waals surface area contributed by atoms with Gasteiger partial charge in [0.05, 0.1) is 13.2 Å². The minimum atomic E-state index is 0.302. The predicted octanol–water partition coefficient (Wildman–Crippen LogP) is 1.13. The third kappa shape index (κ3) is 2.47. The molecule has 0 atom stereocenters. The summed E-state index contributed by atoms with van der Waals surface area (Å²) in [6, 6.07) is 7.19. The van der Waals surface area contributed by atoms with Crippen LogP contribution in [0.2, 0.25) is 0 Å². The standard InChI is InChI=1S/C11H15NO2/c13-11-3-1-2-9(4-11)7-14-8-10-5-12-6-10/h1-4,10,12-13H,5-8H2. The van der Waals surface area contributed by atoms with Gasteiger partial charge in [-0.25, -0.2) is 0 Å². The molecule has 76 valence electrons. The Hall–Kier alpha value is -1.06. The summed E-state index contributed by atoms with van der Waals surface area (Å²) in [5, 5.41) is 12.4. The molecule has 2 N–H and O–H groups in total. The average Bonchev–Trinajstić information content (AvgIpc) is 2.09. The maximum Gasteiger partial charge on any atom is 0.115 e. The predicted molar refractivity (Wildman–Crippen MR) is 54.1 cm³/mol. The second kappa shape index (κ2) is 4.44. The average molecular weight is 193 g/mol. The van der Waals surface area contributed by atoms with Crippen molar-refractivity contribution >= 4 is 0 Å². The SMILES string of the molecule is Oc1cccc(COCC2CNC2)c1. The van der Waals surface area contributed by atoms with Crippen LogP contribution in [0.5, 0.6) is 5.75 Å². The molecule has 1 heterocycles. The second-order valence-electron chi connectivity index (χ2n) is 3.71. The van der Waals surface area contributed by atoms with E-state index < -0.39 is 0 Å². The first-order valence-electron chi connectivity index (χ1n) is 4.91. The van der Waals surface area contributed by atoms with Crippen molar-refractivity contribution < 1.29 is 9.84 Å². The number of ether oxygens (including phenoxy) is 1.